The van der Waals surface area contributed by atoms with Gasteiger partial charge in [-0.05, 0) is 44.5 Å². The van der Waals surface area contributed by atoms with Crippen LogP contribution in [0.3, 0.4) is 0 Å². The molecule has 0 fully saturated rings. The maximum absolute atomic E-state index is 11.7. The van der Waals surface area contributed by atoms with E-state index in [1.165, 1.54) is 13.0 Å². The summed E-state index contributed by atoms with van der Waals surface area (Å²) < 4.78 is 10.6. The van der Waals surface area contributed by atoms with E-state index in [4.69, 9.17) is 14.6 Å². The van der Waals surface area contributed by atoms with Crippen LogP contribution in [0.25, 0.3) is 6.08 Å². The molecule has 0 aliphatic rings. The van der Waals surface area contributed by atoms with Gasteiger partial charge in [0.1, 0.15) is 5.75 Å². The fourth-order valence-corrected chi connectivity index (χ4v) is 1.68. The molecule has 1 aromatic carbocycles. The Morgan fingerprint density at radius 3 is 2.70 bits per heavy atom. The van der Waals surface area contributed by atoms with Crippen molar-refractivity contribution >= 4 is 18.0 Å². The predicted molar refractivity (Wildman–Crippen MR) is 87.3 cm³/mol. The molecular formula is C17H23NO5. The molecule has 0 radical (unpaired) electrons. The predicted octanol–water partition coefficient (Wildman–Crippen LogP) is 2.09. The normalized spacial score (nSPS) is 12.3. The molecule has 1 atom stereocenters. The molecule has 0 heterocycles. The number of rotatable bonds is 9. The van der Waals surface area contributed by atoms with Gasteiger partial charge in [-0.25, -0.2) is 4.79 Å². The highest BCUT2D eigenvalue weighted by atomic mass is 16.5. The molecule has 6 heteroatoms. The Morgan fingerprint density at radius 2 is 2.04 bits per heavy atom. The summed E-state index contributed by atoms with van der Waals surface area (Å²) in [4.78, 5) is 22.2. The number of nitrogens with one attached hydrogen (secondary N) is 1. The van der Waals surface area contributed by atoms with E-state index in [9.17, 15) is 9.59 Å². The van der Waals surface area contributed by atoms with Crippen molar-refractivity contribution in [1.82, 2.24) is 5.32 Å². The lowest BCUT2D eigenvalue weighted by Crippen LogP contribution is -2.29. The number of hydrogen-bond donors (Lipinski definition) is 2. The van der Waals surface area contributed by atoms with Gasteiger partial charge in [-0.1, -0.05) is 12.1 Å². The van der Waals surface area contributed by atoms with E-state index >= 15 is 0 Å². The van der Waals surface area contributed by atoms with Crippen molar-refractivity contribution in [1.29, 1.82) is 0 Å². The topological polar surface area (TPSA) is 84.9 Å². The SMILES string of the molecule is CC(C)Oc1cccc(/C=C/C(=O)NCCOC(C)C(=O)O)c1. The number of ether oxygens (including phenoxy) is 2. The molecule has 0 spiro atoms. The van der Waals surface area contributed by atoms with Crippen LogP contribution < -0.4 is 10.1 Å². The molecule has 0 saturated heterocycles. The van der Waals surface area contributed by atoms with Crippen molar-refractivity contribution in [2.45, 2.75) is 33.0 Å². The summed E-state index contributed by atoms with van der Waals surface area (Å²) in [5.41, 5.74) is 0.856. The van der Waals surface area contributed by atoms with Gasteiger partial charge in [-0.15, -0.1) is 0 Å². The quantitative estimate of drug-likeness (QED) is 0.537. The van der Waals surface area contributed by atoms with Gasteiger partial charge in [0.2, 0.25) is 5.91 Å². The Bertz CT molecular complexity index is 554. The zero-order chi connectivity index (χ0) is 17.2. The summed E-state index contributed by atoms with van der Waals surface area (Å²) in [6.45, 7) is 5.73. The lowest BCUT2D eigenvalue weighted by Gasteiger charge is -2.09. The Balaban J connectivity index is 2.39. The van der Waals surface area contributed by atoms with E-state index in [1.54, 1.807) is 6.08 Å². The van der Waals surface area contributed by atoms with E-state index in [2.05, 4.69) is 5.32 Å². The molecule has 0 aromatic heterocycles. The molecule has 0 aliphatic carbocycles. The molecule has 23 heavy (non-hydrogen) atoms. The highest BCUT2D eigenvalue weighted by molar-refractivity contribution is 5.91. The monoisotopic (exact) mass is 321 g/mol. The molecule has 1 unspecified atom stereocenters. The zero-order valence-electron chi connectivity index (χ0n) is 13.6. The van der Waals surface area contributed by atoms with Gasteiger partial charge in [0, 0.05) is 12.6 Å². The van der Waals surface area contributed by atoms with Crippen molar-refractivity contribution in [2.24, 2.45) is 0 Å². The number of benzene rings is 1. The minimum absolute atomic E-state index is 0.0886. The molecule has 0 saturated carbocycles. The zero-order valence-corrected chi connectivity index (χ0v) is 13.6. The standard InChI is InChI=1S/C17H23NO5/c1-12(2)23-15-6-4-5-14(11-15)7-8-16(19)18-9-10-22-13(3)17(20)21/h4-8,11-13H,9-10H2,1-3H3,(H,18,19)(H,20,21)/b8-7+. The molecule has 1 aromatic rings. The van der Waals surface area contributed by atoms with Crippen LogP contribution in [0.15, 0.2) is 30.3 Å². The van der Waals surface area contributed by atoms with Crippen molar-refractivity contribution in [3.63, 3.8) is 0 Å². The van der Waals surface area contributed by atoms with Crippen molar-refractivity contribution < 1.29 is 24.2 Å². The number of amides is 1. The second-order valence-electron chi connectivity index (χ2n) is 5.21. The van der Waals surface area contributed by atoms with E-state index in [1.807, 2.05) is 38.1 Å². The second-order valence-corrected chi connectivity index (χ2v) is 5.21. The third-order valence-corrected chi connectivity index (χ3v) is 2.77. The molecule has 126 valence electrons. The van der Waals surface area contributed by atoms with Gasteiger partial charge in [0.25, 0.3) is 0 Å². The third-order valence-electron chi connectivity index (χ3n) is 2.77. The van der Waals surface area contributed by atoms with E-state index < -0.39 is 12.1 Å². The Hall–Kier alpha value is -2.34. The number of aliphatic carboxylic acids is 1. The summed E-state index contributed by atoms with van der Waals surface area (Å²) in [5.74, 6) is -0.551. The van der Waals surface area contributed by atoms with Crippen LogP contribution >= 0.6 is 0 Å². The second kappa shape index (κ2) is 9.63. The Kier molecular flexibility index (Phi) is 7.83. The first-order chi connectivity index (χ1) is 10.9. The van der Waals surface area contributed by atoms with Crippen LogP contribution in [-0.2, 0) is 14.3 Å². The van der Waals surface area contributed by atoms with Crippen LogP contribution in [0.1, 0.15) is 26.3 Å². The van der Waals surface area contributed by atoms with Crippen LogP contribution in [0.5, 0.6) is 5.75 Å². The van der Waals surface area contributed by atoms with E-state index in [-0.39, 0.29) is 25.2 Å². The van der Waals surface area contributed by atoms with Crippen molar-refractivity contribution in [2.75, 3.05) is 13.2 Å². The Morgan fingerprint density at radius 1 is 1.30 bits per heavy atom. The number of carboxylic acid groups (broad SMARTS) is 1. The maximum Gasteiger partial charge on any atom is 0.332 e. The number of carbonyl (C=O) groups excluding carboxylic acids is 1. The summed E-state index contributed by atoms with van der Waals surface area (Å²) in [7, 11) is 0. The summed E-state index contributed by atoms with van der Waals surface area (Å²) in [5, 5.41) is 11.3. The van der Waals surface area contributed by atoms with Crippen molar-refractivity contribution in [3.8, 4) is 5.75 Å². The van der Waals surface area contributed by atoms with Gasteiger partial charge in [-0.2, -0.15) is 0 Å². The molecule has 0 aliphatic heterocycles. The average molecular weight is 321 g/mol. The maximum atomic E-state index is 11.7. The average Bonchev–Trinajstić information content (AvgIpc) is 2.49. The molecular weight excluding hydrogens is 298 g/mol. The minimum Gasteiger partial charge on any atom is -0.491 e. The highest BCUT2D eigenvalue weighted by Crippen LogP contribution is 2.15. The molecule has 1 rings (SSSR count). The van der Waals surface area contributed by atoms with Gasteiger partial charge in [-0.3, -0.25) is 4.79 Å². The fraction of sp³-hybridized carbons (Fsp3) is 0.412. The minimum atomic E-state index is -1.03. The van der Waals surface area contributed by atoms with Crippen LogP contribution in [-0.4, -0.2) is 42.3 Å². The Labute approximate surface area is 136 Å². The lowest BCUT2D eigenvalue weighted by molar-refractivity contribution is -0.148. The van der Waals surface area contributed by atoms with Gasteiger partial charge >= 0.3 is 5.97 Å². The van der Waals surface area contributed by atoms with Gasteiger partial charge < -0.3 is 19.9 Å². The van der Waals surface area contributed by atoms with E-state index in [0.29, 0.717) is 0 Å². The van der Waals surface area contributed by atoms with Gasteiger partial charge in [0.05, 0.1) is 12.7 Å². The number of hydrogen-bond acceptors (Lipinski definition) is 4. The molecule has 0 bridgehead atoms. The smallest absolute Gasteiger partial charge is 0.332 e. The first-order valence-corrected chi connectivity index (χ1v) is 7.45. The largest absolute Gasteiger partial charge is 0.491 e. The first-order valence-electron chi connectivity index (χ1n) is 7.45. The summed E-state index contributed by atoms with van der Waals surface area (Å²) in [6, 6.07) is 7.44. The van der Waals surface area contributed by atoms with Crippen LogP contribution in [0, 0.1) is 0 Å². The fourth-order valence-electron chi connectivity index (χ4n) is 1.68. The molecule has 6 nitrogen and oxygen atoms in total. The van der Waals surface area contributed by atoms with Crippen LogP contribution in [0.2, 0.25) is 0 Å². The van der Waals surface area contributed by atoms with Crippen LogP contribution in [0.4, 0.5) is 0 Å². The highest BCUT2D eigenvalue weighted by Gasteiger charge is 2.09. The first kappa shape index (κ1) is 18.7. The van der Waals surface area contributed by atoms with Gasteiger partial charge in [0.15, 0.2) is 6.10 Å². The molecule has 1 amide bonds. The van der Waals surface area contributed by atoms with E-state index in [0.717, 1.165) is 11.3 Å². The number of carboxylic acids is 1. The molecule has 2 N–H and O–H groups in total. The number of carbonyl (C=O) groups is 2. The third kappa shape index (κ3) is 8.01. The van der Waals surface area contributed by atoms with Crippen molar-refractivity contribution in [3.05, 3.63) is 35.9 Å². The summed E-state index contributed by atoms with van der Waals surface area (Å²) >= 11 is 0. The lowest BCUT2D eigenvalue weighted by atomic mass is 10.2. The summed E-state index contributed by atoms with van der Waals surface area (Å²) in [6.07, 6.45) is 2.30.